The summed E-state index contributed by atoms with van der Waals surface area (Å²) in [6.07, 6.45) is 30.9. The molecule has 45 heavy (non-hydrogen) atoms. The van der Waals surface area contributed by atoms with Gasteiger partial charge in [-0.3, -0.25) is 14.4 Å². The van der Waals surface area contributed by atoms with Gasteiger partial charge in [-0.05, 0) is 57.8 Å². The lowest BCUT2D eigenvalue weighted by Crippen LogP contribution is -2.63. The first-order valence-corrected chi connectivity index (χ1v) is 17.7. The van der Waals surface area contributed by atoms with Crippen LogP contribution in [0.4, 0.5) is 0 Å². The van der Waals surface area contributed by atoms with Crippen LogP contribution < -0.4 is 0 Å². The molecule has 0 fully saturated rings. The maximum absolute atomic E-state index is 13.2. The number of aliphatic hydroxyl groups is 3. The second-order valence-corrected chi connectivity index (χ2v) is 11.9. The molecule has 0 amide bonds. The normalized spacial score (nSPS) is 15.2. The van der Waals surface area contributed by atoms with Crippen LogP contribution in [0.3, 0.4) is 0 Å². The van der Waals surface area contributed by atoms with E-state index in [9.17, 15) is 29.7 Å². The van der Waals surface area contributed by atoms with E-state index in [0.717, 1.165) is 83.5 Å². The number of rotatable bonds is 30. The molecule has 3 N–H and O–H groups in total. The summed E-state index contributed by atoms with van der Waals surface area (Å²) in [5.74, 6) is -2.29. The SMILES string of the molecule is CC/C=C\C/C=C\C/C=C\C/C=C\C/C=C\CCCC(=O)C(O)(C(O)C(=O)CCCCCCC)C(O)C(=O)CCCCCCC. The highest BCUT2D eigenvalue weighted by atomic mass is 16.4. The average molecular weight is 629 g/mol. The van der Waals surface area contributed by atoms with E-state index < -0.39 is 35.2 Å². The van der Waals surface area contributed by atoms with Crippen molar-refractivity contribution in [2.24, 2.45) is 0 Å². The monoisotopic (exact) mass is 628 g/mol. The molecule has 0 heterocycles. The molecule has 0 aliphatic heterocycles. The summed E-state index contributed by atoms with van der Waals surface area (Å²) in [5, 5.41) is 33.0. The molecule has 6 heteroatoms. The van der Waals surface area contributed by atoms with Crippen LogP contribution in [0.1, 0.15) is 149 Å². The zero-order valence-electron chi connectivity index (χ0n) is 28.6. The molecule has 0 aromatic rings. The zero-order chi connectivity index (χ0) is 33.6. The fourth-order valence-corrected chi connectivity index (χ4v) is 4.97. The number of allylic oxidation sites excluding steroid dienone is 10. The van der Waals surface area contributed by atoms with E-state index in [0.29, 0.717) is 25.7 Å². The summed E-state index contributed by atoms with van der Waals surface area (Å²) in [5.41, 5.74) is -2.83. The second-order valence-electron chi connectivity index (χ2n) is 11.9. The largest absolute Gasteiger partial charge is 0.382 e. The van der Waals surface area contributed by atoms with Crippen molar-refractivity contribution in [3.63, 3.8) is 0 Å². The molecule has 0 spiro atoms. The van der Waals surface area contributed by atoms with E-state index in [1.54, 1.807) is 0 Å². The summed E-state index contributed by atoms with van der Waals surface area (Å²) in [6, 6.07) is 0. The van der Waals surface area contributed by atoms with Gasteiger partial charge >= 0.3 is 0 Å². The lowest BCUT2D eigenvalue weighted by atomic mass is 9.78. The van der Waals surface area contributed by atoms with Crippen molar-refractivity contribution in [3.05, 3.63) is 60.8 Å². The summed E-state index contributed by atoms with van der Waals surface area (Å²) >= 11 is 0. The molecule has 0 saturated carbocycles. The summed E-state index contributed by atoms with van der Waals surface area (Å²) in [4.78, 5) is 38.8. The van der Waals surface area contributed by atoms with E-state index in [4.69, 9.17) is 0 Å². The highest BCUT2D eigenvalue weighted by Gasteiger charge is 2.53. The summed E-state index contributed by atoms with van der Waals surface area (Å²) in [6.45, 7) is 6.30. The molecule has 6 nitrogen and oxygen atoms in total. The van der Waals surface area contributed by atoms with Crippen molar-refractivity contribution in [1.29, 1.82) is 0 Å². The van der Waals surface area contributed by atoms with Gasteiger partial charge in [0.25, 0.3) is 0 Å². The van der Waals surface area contributed by atoms with Crippen LogP contribution in [0.2, 0.25) is 0 Å². The lowest BCUT2D eigenvalue weighted by molar-refractivity contribution is -0.181. The molecule has 0 aliphatic carbocycles. The van der Waals surface area contributed by atoms with Crippen LogP contribution in [0, 0.1) is 0 Å². The fraction of sp³-hybridized carbons (Fsp3) is 0.667. The lowest BCUT2D eigenvalue weighted by Gasteiger charge is -2.34. The second kappa shape index (κ2) is 29.0. The van der Waals surface area contributed by atoms with Crippen LogP contribution in [0.15, 0.2) is 60.8 Å². The van der Waals surface area contributed by atoms with E-state index in [1.807, 2.05) is 12.2 Å². The van der Waals surface area contributed by atoms with Crippen LogP contribution in [0.5, 0.6) is 0 Å². The van der Waals surface area contributed by atoms with Gasteiger partial charge in [0.2, 0.25) is 0 Å². The summed E-state index contributed by atoms with van der Waals surface area (Å²) < 4.78 is 0. The van der Waals surface area contributed by atoms with Crippen molar-refractivity contribution in [1.82, 2.24) is 0 Å². The van der Waals surface area contributed by atoms with Crippen LogP contribution in [0.25, 0.3) is 0 Å². The van der Waals surface area contributed by atoms with Crippen molar-refractivity contribution < 1.29 is 29.7 Å². The number of carbonyl (C=O) groups is 3. The Morgan fingerprint density at radius 3 is 1.29 bits per heavy atom. The van der Waals surface area contributed by atoms with Gasteiger partial charge < -0.3 is 15.3 Å². The predicted molar refractivity (Wildman–Crippen MR) is 187 cm³/mol. The highest BCUT2D eigenvalue weighted by Crippen LogP contribution is 2.25. The molecular weight excluding hydrogens is 564 g/mol. The van der Waals surface area contributed by atoms with Crippen LogP contribution in [-0.4, -0.2) is 50.5 Å². The van der Waals surface area contributed by atoms with Crippen LogP contribution in [-0.2, 0) is 14.4 Å². The first-order valence-electron chi connectivity index (χ1n) is 17.7. The van der Waals surface area contributed by atoms with E-state index in [1.165, 1.54) is 0 Å². The minimum atomic E-state index is -2.83. The van der Waals surface area contributed by atoms with Gasteiger partial charge in [-0.1, -0.05) is 133 Å². The third-order valence-electron chi connectivity index (χ3n) is 7.88. The fourth-order valence-electron chi connectivity index (χ4n) is 4.97. The van der Waals surface area contributed by atoms with Crippen molar-refractivity contribution >= 4 is 17.3 Å². The predicted octanol–water partition coefficient (Wildman–Crippen LogP) is 8.79. The van der Waals surface area contributed by atoms with Crippen molar-refractivity contribution in [3.8, 4) is 0 Å². The number of carbonyl (C=O) groups excluding carboxylic acids is 3. The molecule has 0 aliphatic rings. The van der Waals surface area contributed by atoms with Gasteiger partial charge in [0.05, 0.1) is 0 Å². The number of ketones is 3. The Morgan fingerprint density at radius 1 is 0.511 bits per heavy atom. The maximum atomic E-state index is 13.2. The van der Waals surface area contributed by atoms with Crippen LogP contribution >= 0.6 is 0 Å². The number of hydrogen-bond acceptors (Lipinski definition) is 6. The topological polar surface area (TPSA) is 112 Å². The van der Waals surface area contributed by atoms with Gasteiger partial charge in [-0.2, -0.15) is 0 Å². The standard InChI is InChI=1S/C39H64O6/c1-4-7-10-13-14-15-16-17-18-19-20-21-22-23-24-27-30-33-36(42)39(45,37(43)34(40)31-28-25-11-8-5-2)38(44)35(41)32-29-26-12-9-6-3/h7,10,14-15,17-18,20-21,23-24,37-38,43-45H,4-6,8-9,11-13,16,19,22,25-33H2,1-3H3/b10-7-,15-14-,18-17-,21-20-,24-23-. The molecule has 0 rings (SSSR count). The molecule has 0 aromatic carbocycles. The van der Waals surface area contributed by atoms with E-state index >= 15 is 0 Å². The number of Topliss-reactive ketones (excluding diaryl/α,β-unsaturated/α-hetero) is 3. The Bertz CT molecular complexity index is 894. The number of hydrogen-bond donors (Lipinski definition) is 3. The Kier molecular flexibility index (Phi) is 27.5. The van der Waals surface area contributed by atoms with E-state index in [-0.39, 0.29) is 19.3 Å². The average Bonchev–Trinajstić information content (AvgIpc) is 3.04. The minimum Gasteiger partial charge on any atom is -0.382 e. The number of aliphatic hydroxyl groups excluding tert-OH is 2. The molecule has 256 valence electrons. The van der Waals surface area contributed by atoms with Crippen molar-refractivity contribution in [2.75, 3.05) is 0 Å². The molecule has 0 aromatic heterocycles. The zero-order valence-corrected chi connectivity index (χ0v) is 28.6. The Balaban J connectivity index is 4.91. The Labute approximate surface area is 274 Å². The van der Waals surface area contributed by atoms with Gasteiger partial charge in [0.1, 0.15) is 0 Å². The Hall–Kier alpha value is -2.41. The molecule has 2 atom stereocenters. The molecule has 0 saturated heterocycles. The molecule has 0 radical (unpaired) electrons. The van der Waals surface area contributed by atoms with Gasteiger partial charge in [-0.25, -0.2) is 0 Å². The molecule has 2 unspecified atom stereocenters. The maximum Gasteiger partial charge on any atom is 0.189 e. The van der Waals surface area contributed by atoms with Crippen molar-refractivity contribution in [2.45, 2.75) is 167 Å². The Morgan fingerprint density at radius 2 is 0.889 bits per heavy atom. The third-order valence-corrected chi connectivity index (χ3v) is 7.88. The minimum absolute atomic E-state index is 0.0154. The van der Waals surface area contributed by atoms with E-state index in [2.05, 4.69) is 69.4 Å². The number of unbranched alkanes of at least 4 members (excludes halogenated alkanes) is 9. The molecular formula is C39H64O6. The first kappa shape index (κ1) is 42.6. The van der Waals surface area contributed by atoms with Gasteiger partial charge in [-0.15, -0.1) is 0 Å². The third kappa shape index (κ3) is 20.4. The smallest absolute Gasteiger partial charge is 0.189 e. The first-order chi connectivity index (χ1) is 21.8. The summed E-state index contributed by atoms with van der Waals surface area (Å²) in [7, 11) is 0. The molecule has 0 bridgehead atoms. The van der Waals surface area contributed by atoms with Gasteiger partial charge in [0.15, 0.2) is 35.2 Å². The quantitative estimate of drug-likeness (QED) is 0.0541. The van der Waals surface area contributed by atoms with Gasteiger partial charge in [0, 0.05) is 19.3 Å². The highest BCUT2D eigenvalue weighted by molar-refractivity contribution is 6.01.